The van der Waals surface area contributed by atoms with Crippen molar-refractivity contribution in [2.45, 2.75) is 44.6 Å². The molecule has 0 spiro atoms. The minimum Gasteiger partial charge on any atom is -0.356 e. The van der Waals surface area contributed by atoms with Crippen LogP contribution in [0.25, 0.3) is 0 Å². The first-order chi connectivity index (χ1) is 9.74. The van der Waals surface area contributed by atoms with Gasteiger partial charge in [0.1, 0.15) is 0 Å². The number of fused-ring (bicyclic) bond motifs is 2. The van der Waals surface area contributed by atoms with Gasteiger partial charge in [-0.1, -0.05) is 12.5 Å². The van der Waals surface area contributed by atoms with E-state index in [4.69, 9.17) is 5.73 Å². The van der Waals surface area contributed by atoms with Crippen LogP contribution in [0.4, 0.5) is 0 Å². The van der Waals surface area contributed by atoms with E-state index in [2.05, 4.69) is 22.8 Å². The second-order valence-electron chi connectivity index (χ2n) is 6.32. The Labute approximate surface area is 137 Å². The Morgan fingerprint density at radius 2 is 2.05 bits per heavy atom. The number of hydrogen-bond donors (Lipinski definition) is 2. The molecule has 5 heteroatoms. The Bertz CT molecular complexity index is 437. The second kappa shape index (κ2) is 7.61. The van der Waals surface area contributed by atoms with Gasteiger partial charge in [0.05, 0.1) is 0 Å². The van der Waals surface area contributed by atoms with Gasteiger partial charge in [-0.3, -0.25) is 4.79 Å². The lowest BCUT2D eigenvalue weighted by molar-refractivity contribution is -0.127. The van der Waals surface area contributed by atoms with Gasteiger partial charge in [0.2, 0.25) is 5.91 Å². The summed E-state index contributed by atoms with van der Waals surface area (Å²) in [6.07, 6.45) is 6.69. The molecule has 2 unspecified atom stereocenters. The zero-order valence-corrected chi connectivity index (χ0v) is 13.9. The summed E-state index contributed by atoms with van der Waals surface area (Å²) < 4.78 is 0. The number of thiophene rings is 1. The standard InChI is InChI=1S/C16H24N2OS.ClH/c17-15-11-3-1-4-12(15)10-13(9-11)16(19)18-7-6-14-5-2-8-20-14;/h2,5,8,11-13,15H,1,3-4,6-7,9-10,17H2,(H,18,19);1H. The molecular formula is C16H25ClN2OS. The second-order valence-corrected chi connectivity index (χ2v) is 7.35. The molecular weight excluding hydrogens is 304 g/mol. The van der Waals surface area contributed by atoms with Gasteiger partial charge in [0, 0.05) is 23.4 Å². The van der Waals surface area contributed by atoms with Gasteiger partial charge < -0.3 is 11.1 Å². The summed E-state index contributed by atoms with van der Waals surface area (Å²) in [7, 11) is 0. The van der Waals surface area contributed by atoms with Crippen LogP contribution in [0.3, 0.4) is 0 Å². The van der Waals surface area contributed by atoms with Crippen molar-refractivity contribution in [1.29, 1.82) is 0 Å². The normalized spacial score (nSPS) is 31.3. The molecule has 0 radical (unpaired) electrons. The fourth-order valence-electron chi connectivity index (χ4n) is 3.91. The molecule has 3 nitrogen and oxygen atoms in total. The largest absolute Gasteiger partial charge is 0.356 e. The van der Waals surface area contributed by atoms with Gasteiger partial charge in [-0.2, -0.15) is 0 Å². The van der Waals surface area contributed by atoms with Crippen molar-refractivity contribution < 1.29 is 4.79 Å². The van der Waals surface area contributed by atoms with E-state index in [0.717, 1.165) is 25.8 Å². The number of rotatable bonds is 4. The molecule has 3 rings (SSSR count). The van der Waals surface area contributed by atoms with Gasteiger partial charge in [-0.25, -0.2) is 0 Å². The van der Waals surface area contributed by atoms with Crippen LogP contribution in [-0.4, -0.2) is 18.5 Å². The highest BCUT2D eigenvalue weighted by molar-refractivity contribution is 7.09. The maximum atomic E-state index is 12.3. The molecule has 2 aliphatic rings. The number of amides is 1. The third-order valence-corrected chi connectivity index (χ3v) is 5.97. The van der Waals surface area contributed by atoms with Crippen molar-refractivity contribution in [3.05, 3.63) is 22.4 Å². The molecule has 2 saturated carbocycles. The van der Waals surface area contributed by atoms with E-state index in [0.29, 0.717) is 17.9 Å². The van der Waals surface area contributed by atoms with Crippen molar-refractivity contribution in [2.75, 3.05) is 6.54 Å². The first-order valence-electron chi connectivity index (χ1n) is 7.79. The van der Waals surface area contributed by atoms with Crippen molar-refractivity contribution >= 4 is 29.7 Å². The first-order valence-corrected chi connectivity index (χ1v) is 8.67. The van der Waals surface area contributed by atoms with Gasteiger partial charge in [-0.15, -0.1) is 23.7 Å². The highest BCUT2D eigenvalue weighted by Crippen LogP contribution is 2.41. The van der Waals surface area contributed by atoms with Gasteiger partial charge in [0.25, 0.3) is 0 Å². The predicted molar refractivity (Wildman–Crippen MR) is 89.8 cm³/mol. The Kier molecular flexibility index (Phi) is 6.08. The topological polar surface area (TPSA) is 55.1 Å². The van der Waals surface area contributed by atoms with E-state index in [1.165, 1.54) is 24.1 Å². The molecule has 2 atom stereocenters. The van der Waals surface area contributed by atoms with Crippen LogP contribution in [0, 0.1) is 17.8 Å². The minimum absolute atomic E-state index is 0. The zero-order chi connectivity index (χ0) is 13.9. The van der Waals surface area contributed by atoms with E-state index < -0.39 is 0 Å². The highest BCUT2D eigenvalue weighted by atomic mass is 35.5. The van der Waals surface area contributed by atoms with E-state index in [-0.39, 0.29) is 24.2 Å². The molecule has 1 aromatic heterocycles. The molecule has 118 valence electrons. The third kappa shape index (κ3) is 3.99. The number of halogens is 1. The Morgan fingerprint density at radius 1 is 1.33 bits per heavy atom. The van der Waals surface area contributed by atoms with E-state index in [9.17, 15) is 4.79 Å². The quantitative estimate of drug-likeness (QED) is 0.892. The van der Waals surface area contributed by atoms with Gasteiger partial charge in [0.15, 0.2) is 0 Å². The zero-order valence-electron chi connectivity index (χ0n) is 12.3. The third-order valence-electron chi connectivity index (χ3n) is 5.03. The first kappa shape index (κ1) is 16.8. The maximum absolute atomic E-state index is 12.3. The molecule has 2 fully saturated rings. The molecule has 2 aliphatic carbocycles. The molecule has 2 bridgehead atoms. The van der Waals surface area contributed by atoms with Crippen molar-refractivity contribution in [3.8, 4) is 0 Å². The summed E-state index contributed by atoms with van der Waals surface area (Å²) in [5.74, 6) is 1.62. The summed E-state index contributed by atoms with van der Waals surface area (Å²) in [4.78, 5) is 13.7. The lowest BCUT2D eigenvalue weighted by atomic mass is 9.65. The van der Waals surface area contributed by atoms with E-state index in [1.54, 1.807) is 11.3 Å². The number of carbonyl (C=O) groups is 1. The van der Waals surface area contributed by atoms with Crippen LogP contribution < -0.4 is 11.1 Å². The number of hydrogen-bond acceptors (Lipinski definition) is 3. The average Bonchev–Trinajstić information content (AvgIpc) is 2.91. The van der Waals surface area contributed by atoms with E-state index >= 15 is 0 Å². The lowest BCUT2D eigenvalue weighted by Crippen LogP contribution is -2.49. The summed E-state index contributed by atoms with van der Waals surface area (Å²) in [5, 5.41) is 5.21. The average molecular weight is 329 g/mol. The Hall–Kier alpha value is -0.580. The number of nitrogens with one attached hydrogen (secondary N) is 1. The van der Waals surface area contributed by atoms with Crippen molar-refractivity contribution in [2.24, 2.45) is 23.5 Å². The fourth-order valence-corrected chi connectivity index (χ4v) is 4.62. The van der Waals surface area contributed by atoms with Crippen LogP contribution in [0.5, 0.6) is 0 Å². The molecule has 1 aromatic rings. The summed E-state index contributed by atoms with van der Waals surface area (Å²) in [6.45, 7) is 0.761. The molecule has 3 N–H and O–H groups in total. The van der Waals surface area contributed by atoms with Crippen LogP contribution in [0.2, 0.25) is 0 Å². The van der Waals surface area contributed by atoms with Crippen LogP contribution in [0.1, 0.15) is 37.0 Å². The molecule has 1 heterocycles. The predicted octanol–water partition coefficient (Wildman–Crippen LogP) is 2.98. The molecule has 0 aliphatic heterocycles. The smallest absolute Gasteiger partial charge is 0.223 e. The van der Waals surface area contributed by atoms with Crippen LogP contribution in [0.15, 0.2) is 17.5 Å². The Balaban J connectivity index is 0.00000161. The molecule has 0 aromatic carbocycles. The summed E-state index contributed by atoms with van der Waals surface area (Å²) in [6, 6.07) is 4.53. The van der Waals surface area contributed by atoms with Crippen LogP contribution in [-0.2, 0) is 11.2 Å². The molecule has 21 heavy (non-hydrogen) atoms. The SMILES string of the molecule is Cl.NC1C2CCCC1CC(C(=O)NCCc1cccs1)C2. The van der Waals surface area contributed by atoms with Crippen molar-refractivity contribution in [3.63, 3.8) is 0 Å². The Morgan fingerprint density at radius 3 is 2.67 bits per heavy atom. The summed E-state index contributed by atoms with van der Waals surface area (Å²) >= 11 is 1.76. The fraction of sp³-hybridized carbons (Fsp3) is 0.688. The molecule has 0 saturated heterocycles. The van der Waals surface area contributed by atoms with E-state index in [1.807, 2.05) is 0 Å². The van der Waals surface area contributed by atoms with Gasteiger partial charge in [-0.05, 0) is 55.4 Å². The number of nitrogens with two attached hydrogens (primary N) is 1. The minimum atomic E-state index is 0. The number of carbonyl (C=O) groups excluding carboxylic acids is 1. The van der Waals surface area contributed by atoms with Crippen LogP contribution >= 0.6 is 23.7 Å². The van der Waals surface area contributed by atoms with Crippen molar-refractivity contribution in [1.82, 2.24) is 5.32 Å². The molecule has 1 amide bonds. The van der Waals surface area contributed by atoms with Gasteiger partial charge >= 0.3 is 0 Å². The maximum Gasteiger partial charge on any atom is 0.223 e. The highest BCUT2D eigenvalue weighted by Gasteiger charge is 2.40. The monoisotopic (exact) mass is 328 g/mol. The summed E-state index contributed by atoms with van der Waals surface area (Å²) in [5.41, 5.74) is 6.28. The lowest BCUT2D eigenvalue weighted by Gasteiger charge is -2.43.